The van der Waals surface area contributed by atoms with Crippen LogP contribution in [-0.4, -0.2) is 35.6 Å². The lowest BCUT2D eigenvalue weighted by Gasteiger charge is -2.30. The van der Waals surface area contributed by atoms with Crippen LogP contribution in [-0.2, 0) is 16.0 Å². The molecule has 0 saturated carbocycles. The fourth-order valence-electron chi connectivity index (χ4n) is 2.86. The fourth-order valence-corrected chi connectivity index (χ4v) is 2.86. The number of aryl methyl sites for hydroxylation is 1. The Labute approximate surface area is 136 Å². The van der Waals surface area contributed by atoms with Gasteiger partial charge >= 0.3 is 0 Å². The van der Waals surface area contributed by atoms with Gasteiger partial charge in [0.15, 0.2) is 5.78 Å². The van der Waals surface area contributed by atoms with Crippen molar-refractivity contribution in [3.05, 3.63) is 35.4 Å². The standard InChI is InChI=1S/C18H24N2O3/c1-2-13-3-5-14(6-4-13)16(21)7-8-17(22)20-11-9-15(10-12-20)18(19)23/h3-6,15H,2,7-12H2,1H3,(H2,19,23). The number of rotatable bonds is 6. The molecule has 2 rings (SSSR count). The lowest BCUT2D eigenvalue weighted by molar-refractivity contribution is -0.134. The molecule has 2 N–H and O–H groups in total. The van der Waals surface area contributed by atoms with Crippen molar-refractivity contribution in [2.24, 2.45) is 11.7 Å². The van der Waals surface area contributed by atoms with Gasteiger partial charge in [-0.3, -0.25) is 14.4 Å². The summed E-state index contributed by atoms with van der Waals surface area (Å²) in [4.78, 5) is 37.2. The summed E-state index contributed by atoms with van der Waals surface area (Å²) in [5, 5.41) is 0. The lowest BCUT2D eigenvalue weighted by atomic mass is 9.96. The van der Waals surface area contributed by atoms with Crippen molar-refractivity contribution in [2.75, 3.05) is 13.1 Å². The van der Waals surface area contributed by atoms with E-state index in [4.69, 9.17) is 5.73 Å². The number of Topliss-reactive ketones (excluding diaryl/α,β-unsaturated/α-hetero) is 1. The number of piperidine rings is 1. The number of likely N-dealkylation sites (tertiary alicyclic amines) is 1. The molecular formula is C18H24N2O3. The molecule has 2 amide bonds. The SMILES string of the molecule is CCc1ccc(C(=O)CCC(=O)N2CCC(C(N)=O)CC2)cc1. The Balaban J connectivity index is 1.79. The minimum atomic E-state index is -0.289. The van der Waals surface area contributed by atoms with Gasteiger partial charge in [-0.15, -0.1) is 0 Å². The molecule has 5 nitrogen and oxygen atoms in total. The Morgan fingerprint density at radius 2 is 1.70 bits per heavy atom. The van der Waals surface area contributed by atoms with Gasteiger partial charge in [0, 0.05) is 37.4 Å². The largest absolute Gasteiger partial charge is 0.369 e. The van der Waals surface area contributed by atoms with Gasteiger partial charge in [-0.25, -0.2) is 0 Å². The predicted molar refractivity (Wildman–Crippen MR) is 87.9 cm³/mol. The van der Waals surface area contributed by atoms with Crippen LogP contribution < -0.4 is 5.73 Å². The number of nitrogens with zero attached hydrogens (tertiary/aromatic N) is 1. The van der Waals surface area contributed by atoms with Gasteiger partial charge in [-0.1, -0.05) is 31.2 Å². The zero-order valence-corrected chi connectivity index (χ0v) is 13.6. The van der Waals surface area contributed by atoms with E-state index in [1.807, 2.05) is 24.3 Å². The second kappa shape index (κ2) is 7.90. The van der Waals surface area contributed by atoms with Crippen LogP contribution >= 0.6 is 0 Å². The Morgan fingerprint density at radius 1 is 1.09 bits per heavy atom. The van der Waals surface area contributed by atoms with Gasteiger partial charge in [0.25, 0.3) is 0 Å². The molecule has 0 bridgehead atoms. The second-order valence-corrected chi connectivity index (χ2v) is 6.03. The number of hydrogen-bond acceptors (Lipinski definition) is 3. The van der Waals surface area contributed by atoms with Crippen molar-refractivity contribution in [2.45, 2.75) is 39.0 Å². The number of nitrogens with two attached hydrogens (primary N) is 1. The van der Waals surface area contributed by atoms with Gasteiger partial charge in [-0.2, -0.15) is 0 Å². The van der Waals surface area contributed by atoms with Crippen molar-refractivity contribution in [3.63, 3.8) is 0 Å². The third kappa shape index (κ3) is 4.65. The second-order valence-electron chi connectivity index (χ2n) is 6.03. The zero-order chi connectivity index (χ0) is 16.8. The van der Waals surface area contributed by atoms with Crippen LogP contribution in [0.5, 0.6) is 0 Å². The van der Waals surface area contributed by atoms with Crippen molar-refractivity contribution >= 4 is 17.6 Å². The van der Waals surface area contributed by atoms with Gasteiger partial charge in [0.1, 0.15) is 0 Å². The van der Waals surface area contributed by atoms with Crippen molar-refractivity contribution in [1.29, 1.82) is 0 Å². The molecule has 1 aromatic rings. The van der Waals surface area contributed by atoms with E-state index in [1.165, 1.54) is 5.56 Å². The Hall–Kier alpha value is -2.17. The van der Waals surface area contributed by atoms with Crippen LogP contribution in [0.3, 0.4) is 0 Å². The third-order valence-corrected chi connectivity index (χ3v) is 4.50. The molecule has 1 aliphatic rings. The number of ketones is 1. The minimum Gasteiger partial charge on any atom is -0.369 e. The summed E-state index contributed by atoms with van der Waals surface area (Å²) in [6.07, 6.45) is 2.62. The van der Waals surface area contributed by atoms with Crippen molar-refractivity contribution in [3.8, 4) is 0 Å². The van der Waals surface area contributed by atoms with Crippen LogP contribution in [0.4, 0.5) is 0 Å². The molecule has 5 heteroatoms. The quantitative estimate of drug-likeness (QED) is 0.814. The number of carbonyl (C=O) groups excluding carboxylic acids is 3. The number of primary amides is 1. The summed E-state index contributed by atoms with van der Waals surface area (Å²) in [7, 11) is 0. The van der Waals surface area contributed by atoms with E-state index in [1.54, 1.807) is 4.90 Å². The Morgan fingerprint density at radius 3 is 2.22 bits per heavy atom. The number of hydrogen-bond donors (Lipinski definition) is 1. The predicted octanol–water partition coefficient (Wildman–Crippen LogP) is 1.94. The molecule has 1 heterocycles. The molecule has 1 aromatic carbocycles. The summed E-state index contributed by atoms with van der Waals surface area (Å²) in [5.74, 6) is -0.444. The summed E-state index contributed by atoms with van der Waals surface area (Å²) in [6, 6.07) is 7.54. The smallest absolute Gasteiger partial charge is 0.223 e. The monoisotopic (exact) mass is 316 g/mol. The van der Waals surface area contributed by atoms with Gasteiger partial charge in [0.2, 0.25) is 11.8 Å². The molecule has 0 atom stereocenters. The lowest BCUT2D eigenvalue weighted by Crippen LogP contribution is -2.41. The third-order valence-electron chi connectivity index (χ3n) is 4.50. The summed E-state index contributed by atoms with van der Waals surface area (Å²) in [5.41, 5.74) is 7.13. The van der Waals surface area contributed by atoms with E-state index in [-0.39, 0.29) is 36.4 Å². The highest BCUT2D eigenvalue weighted by Crippen LogP contribution is 2.18. The van der Waals surface area contributed by atoms with Gasteiger partial charge in [0.05, 0.1) is 0 Å². The van der Waals surface area contributed by atoms with E-state index < -0.39 is 0 Å². The Bertz CT molecular complexity index is 572. The molecule has 0 aromatic heterocycles. The molecule has 0 aliphatic carbocycles. The Kier molecular flexibility index (Phi) is 5.90. The molecular weight excluding hydrogens is 292 g/mol. The summed E-state index contributed by atoms with van der Waals surface area (Å²) in [6.45, 7) is 3.16. The maximum atomic E-state index is 12.2. The average Bonchev–Trinajstić information content (AvgIpc) is 2.59. The van der Waals surface area contributed by atoms with Gasteiger partial charge < -0.3 is 10.6 Å². The highest BCUT2D eigenvalue weighted by atomic mass is 16.2. The molecule has 0 spiro atoms. The van der Waals surface area contributed by atoms with Crippen LogP contribution in [0.25, 0.3) is 0 Å². The first kappa shape index (κ1) is 17.2. The number of carbonyl (C=O) groups is 3. The average molecular weight is 316 g/mol. The minimum absolute atomic E-state index is 0.00646. The zero-order valence-electron chi connectivity index (χ0n) is 13.6. The highest BCUT2D eigenvalue weighted by molar-refractivity contribution is 5.98. The normalized spacial score (nSPS) is 15.4. The first-order chi connectivity index (χ1) is 11.0. The first-order valence-corrected chi connectivity index (χ1v) is 8.20. The van der Waals surface area contributed by atoms with E-state index in [2.05, 4.69) is 6.92 Å². The van der Waals surface area contributed by atoms with Crippen LogP contribution in [0, 0.1) is 5.92 Å². The van der Waals surface area contributed by atoms with Crippen LogP contribution in [0.1, 0.15) is 48.5 Å². The first-order valence-electron chi connectivity index (χ1n) is 8.20. The van der Waals surface area contributed by atoms with E-state index in [9.17, 15) is 14.4 Å². The van der Waals surface area contributed by atoms with Crippen LogP contribution in [0.2, 0.25) is 0 Å². The van der Waals surface area contributed by atoms with Crippen molar-refractivity contribution in [1.82, 2.24) is 4.90 Å². The van der Waals surface area contributed by atoms with E-state index in [0.29, 0.717) is 31.5 Å². The molecule has 1 fully saturated rings. The molecule has 23 heavy (non-hydrogen) atoms. The number of amides is 2. The van der Waals surface area contributed by atoms with E-state index in [0.717, 1.165) is 6.42 Å². The fraction of sp³-hybridized carbons (Fsp3) is 0.500. The highest BCUT2D eigenvalue weighted by Gasteiger charge is 2.25. The topological polar surface area (TPSA) is 80.5 Å². The maximum absolute atomic E-state index is 12.2. The molecule has 1 aliphatic heterocycles. The van der Waals surface area contributed by atoms with Crippen LogP contribution in [0.15, 0.2) is 24.3 Å². The number of benzene rings is 1. The van der Waals surface area contributed by atoms with Crippen molar-refractivity contribution < 1.29 is 14.4 Å². The molecule has 1 saturated heterocycles. The molecule has 124 valence electrons. The molecule has 0 unspecified atom stereocenters. The molecule has 0 radical (unpaired) electrons. The van der Waals surface area contributed by atoms with Gasteiger partial charge in [-0.05, 0) is 24.8 Å². The van der Waals surface area contributed by atoms with E-state index >= 15 is 0 Å². The summed E-state index contributed by atoms with van der Waals surface area (Å²) < 4.78 is 0. The summed E-state index contributed by atoms with van der Waals surface area (Å²) >= 11 is 0. The maximum Gasteiger partial charge on any atom is 0.223 e.